The van der Waals surface area contributed by atoms with Crippen LogP contribution in [0.3, 0.4) is 0 Å². The van der Waals surface area contributed by atoms with E-state index >= 15 is 0 Å². The van der Waals surface area contributed by atoms with Gasteiger partial charge in [-0.15, -0.1) is 0 Å². The van der Waals surface area contributed by atoms with Crippen LogP contribution in [0.2, 0.25) is 0 Å². The van der Waals surface area contributed by atoms with Gasteiger partial charge in [0, 0.05) is 0 Å². The van der Waals surface area contributed by atoms with Gasteiger partial charge in [0.15, 0.2) is 0 Å². The summed E-state index contributed by atoms with van der Waals surface area (Å²) in [5.41, 5.74) is 11.6. The zero-order chi connectivity index (χ0) is 7.72. The molecule has 1 heterocycles. The molecule has 0 amide bonds. The third-order valence-electron chi connectivity index (χ3n) is 1.22. The Hall–Kier alpha value is -1.19. The van der Waals surface area contributed by atoms with Crippen molar-refractivity contribution in [1.29, 1.82) is 10.8 Å². The van der Waals surface area contributed by atoms with Crippen LogP contribution in [-0.2, 0) is 0 Å². The Morgan fingerprint density at radius 1 is 0.900 bits per heavy atom. The Bertz CT molecular complexity index is 236. The molecule has 4 nitrogen and oxygen atoms in total. The predicted molar refractivity (Wildman–Crippen MR) is 45.4 cm³/mol. The number of rotatable bonds is 0. The molecule has 1 aliphatic rings. The first-order chi connectivity index (χ1) is 4.61. The third-order valence-corrected chi connectivity index (χ3v) is 1.22. The summed E-state index contributed by atoms with van der Waals surface area (Å²) >= 11 is 0. The molecule has 48 valence electrons. The minimum atomic E-state index is 0.175. The molecule has 0 fully saturated rings. The molecule has 0 atom stereocenters. The number of hydrogen-bond acceptors (Lipinski definition) is 4. The molecule has 10 heavy (non-hydrogen) atoms. The van der Waals surface area contributed by atoms with Crippen LogP contribution in [-0.4, -0.2) is 36.2 Å². The average Bonchev–Trinajstić information content (AvgIpc) is 1.84. The van der Waals surface area contributed by atoms with Crippen LogP contribution >= 0.6 is 0 Å². The summed E-state index contributed by atoms with van der Waals surface area (Å²) in [5.74, 6) is 0. The summed E-state index contributed by atoms with van der Waals surface area (Å²) in [5, 5.41) is 14.3. The number of nitrogens with two attached hydrogens (primary N) is 2. The standard InChI is InChI=1S/C4H6B2N4/c7-1-2(8)6-4(10)3(9)5-1/h7,10H,8-9H2. The molecule has 0 spiro atoms. The third kappa shape index (κ3) is 1.05. The molecule has 0 aromatic carbocycles. The van der Waals surface area contributed by atoms with E-state index in [4.69, 9.17) is 22.3 Å². The average molecular weight is 132 g/mol. The molecule has 6 N–H and O–H groups in total. The molecule has 0 aliphatic carbocycles. The van der Waals surface area contributed by atoms with E-state index in [0.29, 0.717) is 11.2 Å². The molecule has 0 unspecified atom stereocenters. The van der Waals surface area contributed by atoms with E-state index in [1.54, 1.807) is 0 Å². The predicted octanol–water partition coefficient (Wildman–Crippen LogP) is -2.46. The molecule has 0 radical (unpaired) electrons. The Kier molecular flexibility index (Phi) is 1.53. The maximum absolute atomic E-state index is 7.17. The van der Waals surface area contributed by atoms with Crippen molar-refractivity contribution in [2.24, 2.45) is 11.5 Å². The van der Waals surface area contributed by atoms with E-state index in [0.717, 1.165) is 0 Å². The van der Waals surface area contributed by atoms with Gasteiger partial charge in [0.2, 0.25) is 0 Å². The molecule has 1 aliphatic heterocycles. The van der Waals surface area contributed by atoms with Gasteiger partial charge < -0.3 is 0 Å². The van der Waals surface area contributed by atoms with Crippen LogP contribution < -0.4 is 11.5 Å². The fourth-order valence-corrected chi connectivity index (χ4v) is 0.633. The van der Waals surface area contributed by atoms with Gasteiger partial charge in [-0.25, -0.2) is 0 Å². The van der Waals surface area contributed by atoms with Crippen LogP contribution in [0.4, 0.5) is 0 Å². The number of hydrogen-bond donors (Lipinski definition) is 4. The summed E-state index contributed by atoms with van der Waals surface area (Å²) < 4.78 is 0. The Morgan fingerprint density at radius 3 is 1.50 bits per heavy atom. The second kappa shape index (κ2) is 2.21. The van der Waals surface area contributed by atoms with Gasteiger partial charge in [-0.2, -0.15) is 0 Å². The van der Waals surface area contributed by atoms with Gasteiger partial charge in [-0.05, 0) is 0 Å². The normalized spacial score (nSPS) is 16.8. The summed E-state index contributed by atoms with van der Waals surface area (Å²) in [6.07, 6.45) is 0. The Balaban J connectivity index is 3.03. The molecule has 0 saturated heterocycles. The van der Waals surface area contributed by atoms with Crippen molar-refractivity contribution in [2.75, 3.05) is 0 Å². The van der Waals surface area contributed by atoms with Crippen molar-refractivity contribution >= 4 is 36.2 Å². The Labute approximate surface area is 59.4 Å². The van der Waals surface area contributed by atoms with Crippen molar-refractivity contribution < 1.29 is 0 Å². The fourth-order valence-electron chi connectivity index (χ4n) is 0.633. The molecule has 6 heteroatoms. The quantitative estimate of drug-likeness (QED) is 0.274. The van der Waals surface area contributed by atoms with Crippen LogP contribution in [0.25, 0.3) is 0 Å². The molecular weight excluding hydrogens is 126 g/mol. The van der Waals surface area contributed by atoms with E-state index in [2.05, 4.69) is 0 Å². The van der Waals surface area contributed by atoms with Crippen molar-refractivity contribution in [3.8, 4) is 0 Å². The van der Waals surface area contributed by atoms with Crippen LogP contribution in [0.1, 0.15) is 0 Å². The topological polar surface area (TPSA) is 99.7 Å². The summed E-state index contributed by atoms with van der Waals surface area (Å²) in [6, 6.07) is 0. The maximum atomic E-state index is 7.17. The summed E-state index contributed by atoms with van der Waals surface area (Å²) in [4.78, 5) is 0. The Morgan fingerprint density at radius 2 is 1.20 bits per heavy atom. The summed E-state index contributed by atoms with van der Waals surface area (Å²) in [6.45, 7) is 2.75. The van der Waals surface area contributed by atoms with Crippen molar-refractivity contribution in [2.45, 2.75) is 0 Å². The van der Waals surface area contributed by atoms with Crippen LogP contribution in [0.5, 0.6) is 0 Å². The van der Waals surface area contributed by atoms with Crippen LogP contribution in [0, 0.1) is 10.8 Å². The van der Waals surface area contributed by atoms with Gasteiger partial charge in [0.05, 0.1) is 0 Å². The van der Waals surface area contributed by atoms with Crippen molar-refractivity contribution in [3.05, 3.63) is 0 Å². The molecule has 0 saturated carbocycles. The van der Waals surface area contributed by atoms with Gasteiger partial charge in [-0.1, -0.05) is 0 Å². The van der Waals surface area contributed by atoms with E-state index in [9.17, 15) is 0 Å². The molecule has 0 aromatic rings. The second-order valence-corrected chi connectivity index (χ2v) is 2.03. The first kappa shape index (κ1) is 6.92. The molecular formula is C4H6B2N4. The van der Waals surface area contributed by atoms with Crippen molar-refractivity contribution in [1.82, 2.24) is 0 Å². The zero-order valence-corrected chi connectivity index (χ0v) is 5.31. The van der Waals surface area contributed by atoms with Gasteiger partial charge in [0.25, 0.3) is 0 Å². The molecule has 1 rings (SSSR count). The fraction of sp³-hybridized carbons (Fsp3) is 0. The van der Waals surface area contributed by atoms with Gasteiger partial charge in [-0.3, -0.25) is 0 Å². The second-order valence-electron chi connectivity index (χ2n) is 2.03. The van der Waals surface area contributed by atoms with E-state index in [-0.39, 0.29) is 11.2 Å². The monoisotopic (exact) mass is 132 g/mol. The van der Waals surface area contributed by atoms with E-state index in [1.165, 1.54) is 13.8 Å². The van der Waals surface area contributed by atoms with Crippen molar-refractivity contribution in [3.63, 3.8) is 0 Å². The first-order valence-corrected chi connectivity index (χ1v) is 2.73. The SMILES string of the molecule is N=C1B=C(N)C(=N)B=C1N. The molecule has 0 bridgehead atoms. The molecule has 0 aromatic heterocycles. The van der Waals surface area contributed by atoms with E-state index < -0.39 is 0 Å². The van der Waals surface area contributed by atoms with E-state index in [1.807, 2.05) is 0 Å². The van der Waals surface area contributed by atoms with Gasteiger partial charge in [0.1, 0.15) is 0 Å². The summed E-state index contributed by atoms with van der Waals surface area (Å²) in [7, 11) is 0. The number of nitrogens with one attached hydrogen (secondary N) is 2. The first-order valence-electron chi connectivity index (χ1n) is 2.73. The zero-order valence-electron chi connectivity index (χ0n) is 5.31. The minimum absolute atomic E-state index is 0.175. The van der Waals surface area contributed by atoms with Crippen LogP contribution in [0.15, 0.2) is 0 Å². The van der Waals surface area contributed by atoms with Gasteiger partial charge >= 0.3 is 58.5 Å².